The quantitative estimate of drug-likeness (QED) is 0.176. The molecule has 6 nitrogen and oxygen atoms in total. The first-order valence-corrected chi connectivity index (χ1v) is 13.6. The van der Waals surface area contributed by atoms with Crippen LogP contribution in [0.5, 0.6) is 5.75 Å². The third-order valence-corrected chi connectivity index (χ3v) is 6.75. The van der Waals surface area contributed by atoms with E-state index in [9.17, 15) is 9.59 Å². The molecular weight excluding hydrogens is 504 g/mol. The van der Waals surface area contributed by atoms with Crippen molar-refractivity contribution in [3.05, 3.63) is 70.6 Å². The fraction of sp³-hybridized carbons (Fsp3) is 0.345. The molecule has 37 heavy (non-hydrogen) atoms. The number of benzene rings is 2. The lowest BCUT2D eigenvalue weighted by molar-refractivity contribution is -0.119. The number of hydrogen-bond acceptors (Lipinski definition) is 6. The van der Waals surface area contributed by atoms with Crippen LogP contribution in [0.2, 0.25) is 0 Å². The molecule has 0 saturated carbocycles. The van der Waals surface area contributed by atoms with Gasteiger partial charge in [0.05, 0.1) is 13.2 Å². The summed E-state index contributed by atoms with van der Waals surface area (Å²) in [6.07, 6.45) is 0.797. The van der Waals surface area contributed by atoms with Crippen LogP contribution >= 0.6 is 23.6 Å². The smallest absolute Gasteiger partial charge is 0.341 e. The number of rotatable bonds is 9. The molecule has 1 amide bonds. The van der Waals surface area contributed by atoms with Gasteiger partial charge in [-0.1, -0.05) is 62.7 Å². The van der Waals surface area contributed by atoms with E-state index in [-0.39, 0.29) is 29.5 Å². The van der Waals surface area contributed by atoms with Crippen LogP contribution in [0.25, 0.3) is 11.1 Å². The standard InChI is InChI=1S/C29H34N2O4S2/c1-6-34-27(33)25-23(20-11-9-19(2)10-12-20)18-37-26(25)31-28(36)30-24(32)8-7-17-35-22-15-13-21(14-16-22)29(3,4)5/h9-16,18H,6-8,17H2,1-5H3,(H2,30,31,32,36). The fourth-order valence-corrected chi connectivity index (χ4v) is 4.84. The highest BCUT2D eigenvalue weighted by Crippen LogP contribution is 2.36. The Bertz CT molecular complexity index is 1230. The maximum absolute atomic E-state index is 12.8. The Morgan fingerprint density at radius 2 is 1.70 bits per heavy atom. The molecule has 0 aliphatic carbocycles. The van der Waals surface area contributed by atoms with Gasteiger partial charge in [0.1, 0.15) is 16.3 Å². The number of anilines is 1. The lowest BCUT2D eigenvalue weighted by Crippen LogP contribution is -2.34. The van der Waals surface area contributed by atoms with E-state index in [2.05, 4.69) is 43.5 Å². The van der Waals surface area contributed by atoms with Crippen LogP contribution in [0, 0.1) is 6.92 Å². The molecule has 3 aromatic rings. The fourth-order valence-electron chi connectivity index (χ4n) is 3.60. The van der Waals surface area contributed by atoms with E-state index in [4.69, 9.17) is 21.7 Å². The number of amides is 1. The number of aryl methyl sites for hydroxylation is 1. The van der Waals surface area contributed by atoms with Gasteiger partial charge in [-0.2, -0.15) is 0 Å². The molecule has 0 spiro atoms. The molecule has 3 rings (SSSR count). The highest BCUT2D eigenvalue weighted by molar-refractivity contribution is 7.80. The number of ether oxygens (including phenoxy) is 2. The van der Waals surface area contributed by atoms with Gasteiger partial charge in [0.25, 0.3) is 0 Å². The molecule has 0 fully saturated rings. The summed E-state index contributed by atoms with van der Waals surface area (Å²) in [4.78, 5) is 25.2. The topological polar surface area (TPSA) is 76.7 Å². The second-order valence-electron chi connectivity index (χ2n) is 9.67. The van der Waals surface area contributed by atoms with Crippen molar-refractivity contribution in [1.29, 1.82) is 0 Å². The Balaban J connectivity index is 1.54. The Hall–Kier alpha value is -3.23. The van der Waals surface area contributed by atoms with Crippen molar-refractivity contribution in [2.75, 3.05) is 18.5 Å². The largest absolute Gasteiger partial charge is 0.494 e. The van der Waals surface area contributed by atoms with Crippen molar-refractivity contribution in [2.45, 2.75) is 52.9 Å². The molecule has 2 aromatic carbocycles. The summed E-state index contributed by atoms with van der Waals surface area (Å²) >= 11 is 6.68. The molecule has 0 radical (unpaired) electrons. The van der Waals surface area contributed by atoms with Crippen molar-refractivity contribution in [3.63, 3.8) is 0 Å². The lowest BCUT2D eigenvalue weighted by atomic mass is 9.87. The minimum Gasteiger partial charge on any atom is -0.494 e. The van der Waals surface area contributed by atoms with E-state index in [1.807, 2.05) is 48.7 Å². The molecule has 196 valence electrons. The van der Waals surface area contributed by atoms with Crippen LogP contribution in [0.4, 0.5) is 5.00 Å². The number of esters is 1. The van der Waals surface area contributed by atoms with Gasteiger partial charge < -0.3 is 20.1 Å². The molecule has 0 aliphatic heterocycles. The van der Waals surface area contributed by atoms with Crippen molar-refractivity contribution < 1.29 is 19.1 Å². The molecule has 0 saturated heterocycles. The van der Waals surface area contributed by atoms with Crippen LogP contribution in [0.15, 0.2) is 53.9 Å². The van der Waals surface area contributed by atoms with Crippen molar-refractivity contribution in [3.8, 4) is 16.9 Å². The van der Waals surface area contributed by atoms with Gasteiger partial charge in [-0.25, -0.2) is 4.79 Å². The monoisotopic (exact) mass is 538 g/mol. The maximum Gasteiger partial charge on any atom is 0.341 e. The zero-order chi connectivity index (χ0) is 27.0. The van der Waals surface area contributed by atoms with Crippen LogP contribution in [0.3, 0.4) is 0 Å². The van der Waals surface area contributed by atoms with Gasteiger partial charge in [-0.3, -0.25) is 4.79 Å². The van der Waals surface area contributed by atoms with E-state index in [1.54, 1.807) is 6.92 Å². The molecule has 8 heteroatoms. The van der Waals surface area contributed by atoms with Crippen LogP contribution in [-0.4, -0.2) is 30.2 Å². The average molecular weight is 539 g/mol. The average Bonchev–Trinajstić information content (AvgIpc) is 3.25. The summed E-state index contributed by atoms with van der Waals surface area (Å²) in [5.41, 5.74) is 4.52. The first-order chi connectivity index (χ1) is 17.6. The Labute approximate surface area is 228 Å². The van der Waals surface area contributed by atoms with Gasteiger partial charge in [0, 0.05) is 17.4 Å². The summed E-state index contributed by atoms with van der Waals surface area (Å²) < 4.78 is 11.0. The molecular formula is C29H34N2O4S2. The molecule has 1 aromatic heterocycles. The van der Waals surface area contributed by atoms with Crippen LogP contribution in [-0.2, 0) is 14.9 Å². The molecule has 2 N–H and O–H groups in total. The third-order valence-electron chi connectivity index (χ3n) is 5.65. The number of nitrogens with one attached hydrogen (secondary N) is 2. The Morgan fingerprint density at radius 1 is 1.03 bits per heavy atom. The normalized spacial score (nSPS) is 11.1. The lowest BCUT2D eigenvalue weighted by Gasteiger charge is -2.19. The summed E-state index contributed by atoms with van der Waals surface area (Å²) in [5.74, 6) is 0.111. The molecule has 1 heterocycles. The first-order valence-electron chi connectivity index (χ1n) is 12.3. The minimum absolute atomic E-state index is 0.0888. The number of thiocarbonyl (C=S) groups is 1. The summed E-state index contributed by atoms with van der Waals surface area (Å²) in [6, 6.07) is 15.9. The van der Waals surface area contributed by atoms with Crippen molar-refractivity contribution >= 4 is 45.5 Å². The molecule has 0 unspecified atom stereocenters. The SMILES string of the molecule is CCOC(=O)c1c(-c2ccc(C)cc2)csc1NC(=S)NC(=O)CCCOc1ccc(C(C)(C)C)cc1. The summed E-state index contributed by atoms with van der Waals surface area (Å²) in [7, 11) is 0. The van der Waals surface area contributed by atoms with E-state index in [0.717, 1.165) is 22.4 Å². The predicted molar refractivity (Wildman–Crippen MR) is 155 cm³/mol. The Morgan fingerprint density at radius 3 is 2.32 bits per heavy atom. The van der Waals surface area contributed by atoms with Gasteiger partial charge in [0.2, 0.25) is 5.91 Å². The van der Waals surface area contributed by atoms with Gasteiger partial charge in [0.15, 0.2) is 5.11 Å². The highest BCUT2D eigenvalue weighted by atomic mass is 32.1. The third kappa shape index (κ3) is 8.13. The second-order valence-corrected chi connectivity index (χ2v) is 11.0. The molecule has 0 atom stereocenters. The van der Waals surface area contributed by atoms with Gasteiger partial charge in [-0.05, 0) is 61.2 Å². The highest BCUT2D eigenvalue weighted by Gasteiger charge is 2.22. The summed E-state index contributed by atoms with van der Waals surface area (Å²) in [5, 5.41) is 8.23. The minimum atomic E-state index is -0.441. The van der Waals surface area contributed by atoms with Crippen molar-refractivity contribution in [2.24, 2.45) is 0 Å². The van der Waals surface area contributed by atoms with Crippen molar-refractivity contribution in [1.82, 2.24) is 5.32 Å². The predicted octanol–water partition coefficient (Wildman–Crippen LogP) is 6.87. The molecule has 0 bridgehead atoms. The van der Waals surface area contributed by atoms with Gasteiger partial charge >= 0.3 is 5.97 Å². The number of hydrogen-bond donors (Lipinski definition) is 2. The van der Waals surface area contributed by atoms with Crippen LogP contribution in [0.1, 0.15) is 62.0 Å². The Kier molecular flexibility index (Phi) is 9.83. The van der Waals surface area contributed by atoms with Gasteiger partial charge in [-0.15, -0.1) is 11.3 Å². The zero-order valence-electron chi connectivity index (χ0n) is 22.0. The first kappa shape index (κ1) is 28.3. The van der Waals surface area contributed by atoms with E-state index >= 15 is 0 Å². The summed E-state index contributed by atoms with van der Waals surface area (Å²) in [6.45, 7) is 10.9. The maximum atomic E-state index is 12.8. The van der Waals surface area contributed by atoms with Crippen LogP contribution < -0.4 is 15.4 Å². The van der Waals surface area contributed by atoms with E-state index < -0.39 is 5.97 Å². The number of thiophene rings is 1. The van der Waals surface area contributed by atoms with E-state index in [1.165, 1.54) is 16.9 Å². The second kappa shape index (κ2) is 12.8. The zero-order valence-corrected chi connectivity index (χ0v) is 23.6. The number of carbonyl (C=O) groups is 2. The molecule has 0 aliphatic rings. The van der Waals surface area contributed by atoms with E-state index in [0.29, 0.717) is 23.6 Å². The number of carbonyl (C=O) groups excluding carboxylic acids is 2.